The van der Waals surface area contributed by atoms with E-state index in [1.807, 2.05) is 0 Å². The summed E-state index contributed by atoms with van der Waals surface area (Å²) in [6.07, 6.45) is 1.69. The summed E-state index contributed by atoms with van der Waals surface area (Å²) in [6.45, 7) is 0. The highest BCUT2D eigenvalue weighted by Crippen LogP contribution is 2.36. The van der Waals surface area contributed by atoms with Crippen LogP contribution >= 0.6 is 34.5 Å². The van der Waals surface area contributed by atoms with Gasteiger partial charge < -0.3 is 10.5 Å². The number of nitrogens with zero attached hydrogens (tertiary/aromatic N) is 2. The highest BCUT2D eigenvalue weighted by molar-refractivity contribution is 7.07. The van der Waals surface area contributed by atoms with Gasteiger partial charge in [0.1, 0.15) is 10.5 Å². The van der Waals surface area contributed by atoms with E-state index in [4.69, 9.17) is 33.7 Å². The molecule has 32 heavy (non-hydrogen) atoms. The molecule has 0 fully saturated rings. The molecule has 1 aromatic heterocycles. The third-order valence-electron chi connectivity index (χ3n) is 5.05. The molecule has 1 aliphatic heterocycles. The molecule has 3 aromatic rings. The molecule has 0 radical (unpaired) electrons. The van der Waals surface area contributed by atoms with Crippen LogP contribution in [0.3, 0.4) is 0 Å². The Morgan fingerprint density at radius 3 is 2.31 bits per heavy atom. The molecule has 0 amide bonds. The molecule has 0 unspecified atom stereocenters. The van der Waals surface area contributed by atoms with E-state index in [9.17, 15) is 14.9 Å². The van der Waals surface area contributed by atoms with Gasteiger partial charge in [-0.25, -0.2) is 4.79 Å². The summed E-state index contributed by atoms with van der Waals surface area (Å²) in [5.74, 6) is -1.59. The first-order valence-electron chi connectivity index (χ1n) is 9.33. The second-order valence-electron chi connectivity index (χ2n) is 6.91. The minimum absolute atomic E-state index is 0.0248. The van der Waals surface area contributed by atoms with E-state index in [2.05, 4.69) is 6.07 Å². The van der Waals surface area contributed by atoms with Crippen molar-refractivity contribution >= 4 is 58.0 Å². The number of esters is 1. The normalized spacial score (nSPS) is 16.0. The van der Waals surface area contributed by atoms with Crippen molar-refractivity contribution in [2.75, 3.05) is 7.11 Å². The molecule has 0 bridgehead atoms. The Morgan fingerprint density at radius 2 is 1.75 bits per heavy atom. The third-order valence-corrected chi connectivity index (χ3v) is 6.66. The second-order valence-corrected chi connectivity index (χ2v) is 8.81. The molecule has 1 aliphatic rings. The van der Waals surface area contributed by atoms with Gasteiger partial charge in [-0.1, -0.05) is 47.5 Å². The van der Waals surface area contributed by atoms with E-state index >= 15 is 0 Å². The zero-order chi connectivity index (χ0) is 23.0. The zero-order valence-corrected chi connectivity index (χ0v) is 19.0. The van der Waals surface area contributed by atoms with Gasteiger partial charge in [-0.15, -0.1) is 11.3 Å². The van der Waals surface area contributed by atoms with Crippen LogP contribution in [-0.4, -0.2) is 17.6 Å². The Bertz CT molecular complexity index is 1480. The van der Waals surface area contributed by atoms with Gasteiger partial charge in [-0.05, 0) is 41.5 Å². The molecule has 6 nitrogen and oxygen atoms in total. The lowest BCUT2D eigenvalue weighted by atomic mass is 9.84. The lowest BCUT2D eigenvalue weighted by molar-refractivity contribution is -0.136. The monoisotopic (exact) mass is 483 g/mol. The van der Waals surface area contributed by atoms with Gasteiger partial charge in [0, 0.05) is 10.0 Å². The molecule has 1 atom stereocenters. The maximum Gasteiger partial charge on any atom is 0.338 e. The summed E-state index contributed by atoms with van der Waals surface area (Å²) in [5.41, 5.74) is 7.54. The first-order valence-corrected chi connectivity index (χ1v) is 10.9. The summed E-state index contributed by atoms with van der Waals surface area (Å²) >= 11 is 13.1. The number of nitriles is 1. The molecule has 9 heteroatoms. The topological polar surface area (TPSA) is 98.1 Å². The molecular weight excluding hydrogens is 469 g/mol. The summed E-state index contributed by atoms with van der Waals surface area (Å²) in [7, 11) is 1.22. The minimum Gasteiger partial charge on any atom is -0.466 e. The number of nitrogens with two attached hydrogens (primary N) is 1. The van der Waals surface area contributed by atoms with Crippen LogP contribution in [0.15, 0.2) is 58.9 Å². The minimum atomic E-state index is -0.800. The summed E-state index contributed by atoms with van der Waals surface area (Å²) in [5, 5.41) is 11.1. The lowest BCUT2D eigenvalue weighted by Gasteiger charge is -2.24. The van der Waals surface area contributed by atoms with Crippen molar-refractivity contribution in [2.45, 2.75) is 5.92 Å². The van der Waals surface area contributed by atoms with E-state index in [1.54, 1.807) is 54.6 Å². The number of hydrogen-bond donors (Lipinski definition) is 1. The van der Waals surface area contributed by atoms with Crippen LogP contribution in [-0.2, 0) is 9.53 Å². The van der Waals surface area contributed by atoms with Crippen LogP contribution in [0.1, 0.15) is 17.0 Å². The number of rotatable bonds is 3. The molecule has 2 heterocycles. The number of thiazole rings is 1. The van der Waals surface area contributed by atoms with Gasteiger partial charge in [0.05, 0.1) is 34.8 Å². The predicted molar refractivity (Wildman–Crippen MR) is 125 cm³/mol. The fourth-order valence-corrected chi connectivity index (χ4v) is 4.94. The van der Waals surface area contributed by atoms with Gasteiger partial charge in [-0.3, -0.25) is 9.36 Å². The van der Waals surface area contributed by atoms with Gasteiger partial charge in [-0.2, -0.15) is 5.26 Å². The number of hydrogen-bond acceptors (Lipinski definition) is 6. The fraction of sp³-hybridized carbons (Fsp3) is 0.0870. The number of carbonyl (C=O) groups excluding carboxylic acids is 1. The van der Waals surface area contributed by atoms with Crippen molar-refractivity contribution in [1.82, 2.24) is 4.57 Å². The van der Waals surface area contributed by atoms with E-state index < -0.39 is 17.4 Å². The fourth-order valence-electron chi connectivity index (χ4n) is 3.56. The Hall–Kier alpha value is -3.31. The largest absolute Gasteiger partial charge is 0.466 e. The lowest BCUT2D eigenvalue weighted by Crippen LogP contribution is -2.40. The predicted octanol–water partition coefficient (Wildman–Crippen LogP) is 2.82. The van der Waals surface area contributed by atoms with E-state index in [-0.39, 0.29) is 17.0 Å². The van der Waals surface area contributed by atoms with Gasteiger partial charge in [0.25, 0.3) is 5.56 Å². The van der Waals surface area contributed by atoms with Crippen LogP contribution in [0.25, 0.3) is 17.5 Å². The van der Waals surface area contributed by atoms with Crippen molar-refractivity contribution in [2.24, 2.45) is 5.73 Å². The second kappa shape index (κ2) is 8.67. The number of benzene rings is 2. The standard InChI is InChI=1S/C23H15Cl2N3O3S/c1-31-23(30)19-18(13-4-8-15(25)9-5-13)16(11-26)22-28(20(19)27)21(29)17(32-22)10-12-2-6-14(24)7-3-12/h2-10,18H,27H2,1H3/b17-10-/t18-/m1/s1. The highest BCUT2D eigenvalue weighted by atomic mass is 35.5. The average molecular weight is 484 g/mol. The Balaban J connectivity index is 2.06. The third kappa shape index (κ3) is 3.73. The number of fused-ring (bicyclic) bond motifs is 1. The molecule has 0 spiro atoms. The summed E-state index contributed by atoms with van der Waals surface area (Å²) in [6, 6.07) is 15.9. The SMILES string of the molecule is COC(=O)C1=C(N)n2c(s/c(=C\c3ccc(Cl)cc3)c2=O)=C(C#N)[C@H]1c1ccc(Cl)cc1. The number of methoxy groups -OCH3 is 1. The molecule has 2 aromatic carbocycles. The molecule has 2 N–H and O–H groups in total. The van der Waals surface area contributed by atoms with Gasteiger partial charge in [0.2, 0.25) is 0 Å². The zero-order valence-electron chi connectivity index (χ0n) is 16.6. The van der Waals surface area contributed by atoms with E-state index in [0.29, 0.717) is 24.8 Å². The smallest absolute Gasteiger partial charge is 0.338 e. The number of carbonyl (C=O) groups is 1. The molecule has 160 valence electrons. The van der Waals surface area contributed by atoms with Crippen molar-refractivity contribution in [3.63, 3.8) is 0 Å². The Kier molecular flexibility index (Phi) is 5.94. The van der Waals surface area contributed by atoms with Crippen molar-refractivity contribution in [3.8, 4) is 6.07 Å². The van der Waals surface area contributed by atoms with Crippen LogP contribution in [0.4, 0.5) is 0 Å². The van der Waals surface area contributed by atoms with Crippen LogP contribution < -0.4 is 20.5 Å². The maximum absolute atomic E-state index is 13.2. The average Bonchev–Trinajstić information content (AvgIpc) is 3.11. The first kappa shape index (κ1) is 21.9. The van der Waals surface area contributed by atoms with Gasteiger partial charge in [0.15, 0.2) is 0 Å². The van der Waals surface area contributed by atoms with E-state index in [0.717, 1.165) is 16.9 Å². The number of aromatic nitrogens is 1. The molecule has 0 saturated carbocycles. The summed E-state index contributed by atoms with van der Waals surface area (Å²) < 4.78 is 6.86. The molecule has 4 rings (SSSR count). The molecule has 0 aliphatic carbocycles. The van der Waals surface area contributed by atoms with Crippen LogP contribution in [0, 0.1) is 11.3 Å². The Labute approximate surface area is 196 Å². The quantitative estimate of drug-likeness (QED) is 0.577. The highest BCUT2D eigenvalue weighted by Gasteiger charge is 2.36. The molecular formula is C23H15Cl2N3O3S. The van der Waals surface area contributed by atoms with Gasteiger partial charge >= 0.3 is 5.97 Å². The van der Waals surface area contributed by atoms with Crippen molar-refractivity contribution < 1.29 is 9.53 Å². The Morgan fingerprint density at radius 1 is 1.16 bits per heavy atom. The maximum atomic E-state index is 13.2. The first-order chi connectivity index (χ1) is 15.3. The van der Waals surface area contributed by atoms with E-state index in [1.165, 1.54) is 11.7 Å². The molecule has 0 saturated heterocycles. The number of ether oxygens (including phenoxy) is 1. The van der Waals surface area contributed by atoms with Crippen molar-refractivity contribution in [1.29, 1.82) is 5.26 Å². The van der Waals surface area contributed by atoms with Crippen LogP contribution in [0.2, 0.25) is 10.0 Å². The van der Waals surface area contributed by atoms with Crippen LogP contribution in [0.5, 0.6) is 0 Å². The van der Waals surface area contributed by atoms with Crippen molar-refractivity contribution in [3.05, 3.63) is 94.8 Å². The number of halogens is 2. The summed E-state index contributed by atoms with van der Waals surface area (Å²) in [4.78, 5) is 25.9.